The number of nitrogens with one attached hydrogen (secondary N) is 1. The zero-order valence-corrected chi connectivity index (χ0v) is 13.6. The number of nitrogens with two attached hydrogens (primary N) is 1. The van der Waals surface area contributed by atoms with Crippen LogP contribution in [0.15, 0.2) is 22.7 Å². The largest absolute Gasteiger partial charge is 0.507 e. The summed E-state index contributed by atoms with van der Waals surface area (Å²) in [7, 11) is 0. The minimum Gasteiger partial charge on any atom is -0.507 e. The highest BCUT2D eigenvalue weighted by Gasteiger charge is 2.29. The monoisotopic (exact) mass is 350 g/mol. The molecule has 0 aliphatic heterocycles. The number of amides is 1. The van der Waals surface area contributed by atoms with Gasteiger partial charge in [0.2, 0.25) is 0 Å². The van der Waals surface area contributed by atoms with Crippen LogP contribution in [-0.2, 0) is 0 Å². The average Bonchev–Trinajstić information content (AvgIpc) is 2.31. The van der Waals surface area contributed by atoms with Gasteiger partial charge in [-0.05, 0) is 31.0 Å². The van der Waals surface area contributed by atoms with Crippen molar-refractivity contribution in [3.8, 4) is 5.75 Å². The van der Waals surface area contributed by atoms with Crippen molar-refractivity contribution in [2.75, 3.05) is 6.54 Å². The molecule has 0 spiro atoms. The quantitative estimate of drug-likeness (QED) is 0.780. The zero-order valence-electron chi connectivity index (χ0n) is 11.2. The third-order valence-corrected chi connectivity index (χ3v) is 3.79. The van der Waals surface area contributed by atoms with Crippen LogP contribution in [0.2, 0.25) is 0 Å². The molecule has 108 valence electrons. The van der Waals surface area contributed by atoms with Crippen LogP contribution in [0.5, 0.6) is 5.75 Å². The number of aromatic hydroxyl groups is 1. The highest BCUT2D eigenvalue weighted by atomic mass is 79.9. The van der Waals surface area contributed by atoms with Crippen LogP contribution in [0.25, 0.3) is 0 Å². The summed E-state index contributed by atoms with van der Waals surface area (Å²) in [4.78, 5) is 12.1. The van der Waals surface area contributed by atoms with E-state index in [0.29, 0.717) is 6.54 Å². The number of halogens is 2. The van der Waals surface area contributed by atoms with E-state index in [-0.39, 0.29) is 35.5 Å². The Kier molecular flexibility index (Phi) is 6.83. The molecule has 1 atom stereocenters. The number of carbonyl (C=O) groups excluding carboxylic acids is 1. The smallest absolute Gasteiger partial charge is 0.255 e. The Morgan fingerprint density at radius 1 is 1.53 bits per heavy atom. The highest BCUT2D eigenvalue weighted by Crippen LogP contribution is 2.23. The Hall–Kier alpha value is -0.780. The fourth-order valence-electron chi connectivity index (χ4n) is 1.45. The Morgan fingerprint density at radius 3 is 2.58 bits per heavy atom. The minimum absolute atomic E-state index is 0. The van der Waals surface area contributed by atoms with E-state index in [1.165, 1.54) is 6.07 Å². The lowest BCUT2D eigenvalue weighted by atomic mass is 9.88. The molecule has 0 fully saturated rings. The van der Waals surface area contributed by atoms with Crippen LogP contribution in [-0.4, -0.2) is 23.1 Å². The molecule has 1 amide bonds. The molecule has 1 aromatic rings. The summed E-state index contributed by atoms with van der Waals surface area (Å²) in [5.74, 6) is -0.171. The zero-order chi connectivity index (χ0) is 13.9. The van der Waals surface area contributed by atoms with Crippen LogP contribution in [0, 0.1) is 5.92 Å². The van der Waals surface area contributed by atoms with Crippen LogP contribution >= 0.6 is 28.3 Å². The van der Waals surface area contributed by atoms with Gasteiger partial charge in [-0.1, -0.05) is 29.8 Å². The Bertz CT molecular complexity index is 454. The third kappa shape index (κ3) is 4.37. The summed E-state index contributed by atoms with van der Waals surface area (Å²) >= 11 is 3.27. The molecule has 1 aromatic carbocycles. The molecule has 0 aliphatic carbocycles. The van der Waals surface area contributed by atoms with Gasteiger partial charge in [-0.2, -0.15) is 0 Å². The second kappa shape index (κ2) is 7.12. The SMILES string of the molecule is CC(C)C(C)(CN)NC(=O)c1cc(Br)ccc1O.Cl. The summed E-state index contributed by atoms with van der Waals surface area (Å²) in [6, 6.07) is 4.74. The molecule has 0 aromatic heterocycles. The van der Waals surface area contributed by atoms with Crippen LogP contribution in [0.3, 0.4) is 0 Å². The standard InChI is InChI=1S/C13H19BrN2O2.ClH/c1-8(2)13(3,7-15)16-12(18)10-6-9(14)4-5-11(10)17;/h4-6,8,17H,7,15H2,1-3H3,(H,16,18);1H. The molecular weight excluding hydrogens is 332 g/mol. The molecule has 1 unspecified atom stereocenters. The summed E-state index contributed by atoms with van der Waals surface area (Å²) in [5.41, 5.74) is 5.46. The van der Waals surface area contributed by atoms with E-state index in [0.717, 1.165) is 4.47 Å². The maximum Gasteiger partial charge on any atom is 0.255 e. The molecule has 6 heteroatoms. The fraction of sp³-hybridized carbons (Fsp3) is 0.462. The Labute approximate surface area is 128 Å². The van der Waals surface area contributed by atoms with E-state index >= 15 is 0 Å². The first-order valence-corrected chi connectivity index (χ1v) is 6.60. The molecular formula is C13H20BrClN2O2. The van der Waals surface area contributed by atoms with Crippen molar-refractivity contribution in [3.05, 3.63) is 28.2 Å². The number of hydrogen-bond donors (Lipinski definition) is 3. The lowest BCUT2D eigenvalue weighted by molar-refractivity contribution is 0.0880. The number of benzene rings is 1. The maximum atomic E-state index is 12.1. The maximum absolute atomic E-state index is 12.1. The van der Waals surface area contributed by atoms with Gasteiger partial charge in [-0.25, -0.2) is 0 Å². The van der Waals surface area contributed by atoms with Crippen molar-refractivity contribution in [1.29, 1.82) is 0 Å². The van der Waals surface area contributed by atoms with Crippen LogP contribution < -0.4 is 11.1 Å². The topological polar surface area (TPSA) is 75.3 Å². The summed E-state index contributed by atoms with van der Waals surface area (Å²) in [6.07, 6.45) is 0. The van der Waals surface area contributed by atoms with E-state index in [1.54, 1.807) is 12.1 Å². The van der Waals surface area contributed by atoms with Gasteiger partial charge in [-0.3, -0.25) is 4.79 Å². The Morgan fingerprint density at radius 2 is 2.11 bits per heavy atom. The molecule has 0 aliphatic rings. The predicted octanol–water partition coefficient (Wildman–Crippen LogP) is 2.68. The van der Waals surface area contributed by atoms with Crippen molar-refractivity contribution in [3.63, 3.8) is 0 Å². The summed E-state index contributed by atoms with van der Waals surface area (Å²) in [5, 5.41) is 12.6. The van der Waals surface area contributed by atoms with Gasteiger partial charge in [-0.15, -0.1) is 12.4 Å². The number of carbonyl (C=O) groups is 1. The molecule has 0 bridgehead atoms. The number of phenolic OH excluding ortho intramolecular Hbond substituents is 1. The molecule has 0 radical (unpaired) electrons. The molecule has 19 heavy (non-hydrogen) atoms. The van der Waals surface area contributed by atoms with E-state index in [1.807, 2.05) is 20.8 Å². The van der Waals surface area contributed by atoms with Gasteiger partial charge in [0.1, 0.15) is 5.75 Å². The normalized spacial score (nSPS) is 13.6. The molecule has 0 saturated heterocycles. The lowest BCUT2D eigenvalue weighted by Crippen LogP contribution is -2.55. The average molecular weight is 352 g/mol. The molecule has 0 saturated carbocycles. The molecule has 4 nitrogen and oxygen atoms in total. The second-order valence-corrected chi connectivity index (χ2v) is 5.81. The van der Waals surface area contributed by atoms with E-state index in [4.69, 9.17) is 5.73 Å². The summed E-state index contributed by atoms with van der Waals surface area (Å²) < 4.78 is 0.740. The lowest BCUT2D eigenvalue weighted by Gasteiger charge is -2.33. The van der Waals surface area contributed by atoms with E-state index in [9.17, 15) is 9.90 Å². The van der Waals surface area contributed by atoms with Gasteiger partial charge < -0.3 is 16.2 Å². The van der Waals surface area contributed by atoms with Gasteiger partial charge >= 0.3 is 0 Å². The third-order valence-electron chi connectivity index (χ3n) is 3.30. The minimum atomic E-state index is -0.494. The van der Waals surface area contributed by atoms with Gasteiger partial charge in [0.05, 0.1) is 11.1 Å². The molecule has 4 N–H and O–H groups in total. The molecule has 1 rings (SSSR count). The summed E-state index contributed by atoms with van der Waals surface area (Å²) in [6.45, 7) is 6.22. The van der Waals surface area contributed by atoms with Crippen molar-refractivity contribution in [1.82, 2.24) is 5.32 Å². The van der Waals surface area contributed by atoms with E-state index < -0.39 is 5.54 Å². The van der Waals surface area contributed by atoms with Gasteiger partial charge in [0.25, 0.3) is 5.91 Å². The van der Waals surface area contributed by atoms with E-state index in [2.05, 4.69) is 21.2 Å². The van der Waals surface area contributed by atoms with Crippen molar-refractivity contribution >= 4 is 34.2 Å². The van der Waals surface area contributed by atoms with Crippen LogP contribution in [0.4, 0.5) is 0 Å². The van der Waals surface area contributed by atoms with Gasteiger partial charge in [0, 0.05) is 11.0 Å². The fourth-order valence-corrected chi connectivity index (χ4v) is 1.81. The number of rotatable bonds is 4. The van der Waals surface area contributed by atoms with Crippen molar-refractivity contribution in [2.45, 2.75) is 26.3 Å². The predicted molar refractivity (Wildman–Crippen MR) is 82.8 cm³/mol. The molecule has 0 heterocycles. The van der Waals surface area contributed by atoms with Crippen LogP contribution in [0.1, 0.15) is 31.1 Å². The van der Waals surface area contributed by atoms with Crippen molar-refractivity contribution in [2.24, 2.45) is 11.7 Å². The van der Waals surface area contributed by atoms with Gasteiger partial charge in [0.15, 0.2) is 0 Å². The number of hydrogen-bond acceptors (Lipinski definition) is 3. The van der Waals surface area contributed by atoms with Crippen molar-refractivity contribution < 1.29 is 9.90 Å². The first-order valence-electron chi connectivity index (χ1n) is 5.81. The first kappa shape index (κ1) is 18.2. The number of phenols is 1. The Balaban J connectivity index is 0.00000324. The first-order chi connectivity index (χ1) is 8.30. The second-order valence-electron chi connectivity index (χ2n) is 4.89. The highest BCUT2D eigenvalue weighted by molar-refractivity contribution is 9.10.